The first-order chi connectivity index (χ1) is 9.72. The molecule has 2 aliphatic heterocycles. The molecule has 114 valence electrons. The van der Waals surface area contributed by atoms with Gasteiger partial charge in [-0.2, -0.15) is 0 Å². The Balaban J connectivity index is 1.85. The zero-order valence-corrected chi connectivity index (χ0v) is 12.0. The minimum Gasteiger partial charge on any atom is -0.409 e. The Bertz CT molecular complexity index is 354. The standard InChI is InChI=1S/C14H25N3O3/c15-14(16-19)12-6-1-3-9-17(12)13(18)8-7-11-5-2-4-10-20-11/h11-12,19H,1-10H2,(H2,15,16). The van der Waals surface area contributed by atoms with Gasteiger partial charge in [0.25, 0.3) is 0 Å². The summed E-state index contributed by atoms with van der Waals surface area (Å²) in [5.41, 5.74) is 5.70. The Labute approximate surface area is 119 Å². The van der Waals surface area contributed by atoms with E-state index >= 15 is 0 Å². The Morgan fingerprint density at radius 3 is 2.80 bits per heavy atom. The number of oxime groups is 1. The number of nitrogens with two attached hydrogens (primary N) is 1. The largest absolute Gasteiger partial charge is 0.409 e. The number of carbonyl (C=O) groups is 1. The van der Waals surface area contributed by atoms with Crippen LogP contribution in [0.2, 0.25) is 0 Å². The first-order valence-electron chi connectivity index (χ1n) is 7.61. The lowest BCUT2D eigenvalue weighted by Crippen LogP contribution is -2.50. The summed E-state index contributed by atoms with van der Waals surface area (Å²) in [4.78, 5) is 14.1. The van der Waals surface area contributed by atoms with E-state index < -0.39 is 0 Å². The Hall–Kier alpha value is -1.30. The number of hydrogen-bond acceptors (Lipinski definition) is 4. The van der Waals surface area contributed by atoms with Crippen molar-refractivity contribution in [3.63, 3.8) is 0 Å². The van der Waals surface area contributed by atoms with Gasteiger partial charge in [0.15, 0.2) is 5.84 Å². The lowest BCUT2D eigenvalue weighted by Gasteiger charge is -2.35. The highest BCUT2D eigenvalue weighted by Gasteiger charge is 2.30. The molecule has 0 aromatic carbocycles. The summed E-state index contributed by atoms with van der Waals surface area (Å²) < 4.78 is 5.65. The average Bonchev–Trinajstić information content (AvgIpc) is 2.52. The highest BCUT2D eigenvalue weighted by atomic mass is 16.5. The SMILES string of the molecule is NC(=NO)C1CCCCN1C(=O)CCC1CCCCO1. The van der Waals surface area contributed by atoms with E-state index in [1.807, 2.05) is 0 Å². The quantitative estimate of drug-likeness (QED) is 0.354. The lowest BCUT2D eigenvalue weighted by molar-refractivity contribution is -0.134. The van der Waals surface area contributed by atoms with E-state index in [4.69, 9.17) is 15.7 Å². The van der Waals surface area contributed by atoms with Crippen LogP contribution >= 0.6 is 0 Å². The molecule has 2 atom stereocenters. The van der Waals surface area contributed by atoms with Gasteiger partial charge in [-0.05, 0) is 44.9 Å². The molecule has 2 unspecified atom stereocenters. The van der Waals surface area contributed by atoms with Gasteiger partial charge in [-0.3, -0.25) is 4.79 Å². The number of hydrogen-bond donors (Lipinski definition) is 2. The first kappa shape index (κ1) is 15.1. The van der Waals surface area contributed by atoms with E-state index in [1.54, 1.807) is 4.90 Å². The van der Waals surface area contributed by atoms with Gasteiger partial charge in [-0.1, -0.05) is 5.16 Å². The molecule has 0 saturated carbocycles. The van der Waals surface area contributed by atoms with Gasteiger partial charge >= 0.3 is 0 Å². The van der Waals surface area contributed by atoms with Crippen LogP contribution in [0.4, 0.5) is 0 Å². The molecule has 2 rings (SSSR count). The fourth-order valence-corrected chi connectivity index (χ4v) is 3.07. The summed E-state index contributed by atoms with van der Waals surface area (Å²) >= 11 is 0. The number of likely N-dealkylation sites (tertiary alicyclic amines) is 1. The molecule has 6 heteroatoms. The van der Waals surface area contributed by atoms with Gasteiger partial charge in [0, 0.05) is 19.6 Å². The molecule has 2 heterocycles. The third-order valence-electron chi connectivity index (χ3n) is 4.23. The maximum absolute atomic E-state index is 12.3. The van der Waals surface area contributed by atoms with Crippen LogP contribution in [0.5, 0.6) is 0 Å². The lowest BCUT2D eigenvalue weighted by atomic mass is 9.99. The average molecular weight is 283 g/mol. The van der Waals surface area contributed by atoms with Crippen LogP contribution in [-0.4, -0.2) is 47.1 Å². The molecular formula is C14H25N3O3. The molecule has 6 nitrogen and oxygen atoms in total. The summed E-state index contributed by atoms with van der Waals surface area (Å²) in [6, 6.07) is -0.242. The molecule has 0 radical (unpaired) electrons. The van der Waals surface area contributed by atoms with Crippen molar-refractivity contribution >= 4 is 11.7 Å². The van der Waals surface area contributed by atoms with Gasteiger partial charge in [-0.15, -0.1) is 0 Å². The summed E-state index contributed by atoms with van der Waals surface area (Å²) in [5.74, 6) is 0.238. The number of nitrogens with zero attached hydrogens (tertiary/aromatic N) is 2. The van der Waals surface area contributed by atoms with Gasteiger partial charge in [0.2, 0.25) is 5.91 Å². The van der Waals surface area contributed by atoms with E-state index in [0.29, 0.717) is 13.0 Å². The van der Waals surface area contributed by atoms with Crippen LogP contribution in [0.3, 0.4) is 0 Å². The summed E-state index contributed by atoms with van der Waals surface area (Å²) in [6.45, 7) is 1.51. The number of rotatable bonds is 4. The maximum Gasteiger partial charge on any atom is 0.223 e. The normalized spacial score (nSPS) is 28.4. The number of amidine groups is 1. The highest BCUT2D eigenvalue weighted by molar-refractivity contribution is 5.90. The van der Waals surface area contributed by atoms with E-state index in [0.717, 1.165) is 45.1 Å². The number of carbonyl (C=O) groups excluding carboxylic acids is 1. The number of ether oxygens (including phenoxy) is 1. The molecule has 3 N–H and O–H groups in total. The van der Waals surface area contributed by atoms with Crippen molar-refractivity contribution in [2.75, 3.05) is 13.2 Å². The molecule has 2 fully saturated rings. The van der Waals surface area contributed by atoms with Gasteiger partial charge in [-0.25, -0.2) is 0 Å². The second-order valence-electron chi connectivity index (χ2n) is 5.65. The molecule has 0 aromatic heterocycles. The summed E-state index contributed by atoms with van der Waals surface area (Å²) in [6.07, 6.45) is 7.63. The van der Waals surface area contributed by atoms with Crippen molar-refractivity contribution in [3.8, 4) is 0 Å². The summed E-state index contributed by atoms with van der Waals surface area (Å²) in [5, 5.41) is 11.9. The Morgan fingerprint density at radius 2 is 2.10 bits per heavy atom. The minimum absolute atomic E-state index is 0.0930. The van der Waals surface area contributed by atoms with E-state index in [9.17, 15) is 4.79 Å². The van der Waals surface area contributed by atoms with Crippen molar-refractivity contribution in [1.29, 1.82) is 0 Å². The van der Waals surface area contributed by atoms with E-state index in [-0.39, 0.29) is 23.9 Å². The van der Waals surface area contributed by atoms with Gasteiger partial charge in [0.1, 0.15) is 0 Å². The van der Waals surface area contributed by atoms with Crippen molar-refractivity contribution in [2.45, 2.75) is 63.5 Å². The van der Waals surface area contributed by atoms with Crippen LogP contribution in [0, 0.1) is 0 Å². The number of piperidine rings is 1. The Kier molecular flexibility index (Phi) is 5.64. The first-order valence-corrected chi connectivity index (χ1v) is 7.61. The molecule has 2 saturated heterocycles. The molecule has 1 amide bonds. The molecule has 0 aromatic rings. The van der Waals surface area contributed by atoms with E-state index in [1.165, 1.54) is 6.42 Å². The van der Waals surface area contributed by atoms with Crippen LogP contribution < -0.4 is 5.73 Å². The van der Waals surface area contributed by atoms with E-state index in [2.05, 4.69) is 5.16 Å². The maximum atomic E-state index is 12.3. The fourth-order valence-electron chi connectivity index (χ4n) is 3.07. The molecule has 2 aliphatic rings. The summed E-state index contributed by atoms with van der Waals surface area (Å²) in [7, 11) is 0. The van der Waals surface area contributed by atoms with Crippen molar-refractivity contribution < 1.29 is 14.7 Å². The van der Waals surface area contributed by atoms with Crippen molar-refractivity contribution in [3.05, 3.63) is 0 Å². The van der Waals surface area contributed by atoms with Gasteiger partial charge < -0.3 is 20.6 Å². The molecule has 0 aliphatic carbocycles. The van der Waals surface area contributed by atoms with Gasteiger partial charge in [0.05, 0.1) is 12.1 Å². The smallest absolute Gasteiger partial charge is 0.223 e. The van der Waals surface area contributed by atoms with Crippen molar-refractivity contribution in [1.82, 2.24) is 4.90 Å². The van der Waals surface area contributed by atoms with Crippen LogP contribution in [0.25, 0.3) is 0 Å². The molecule has 20 heavy (non-hydrogen) atoms. The predicted molar refractivity (Wildman–Crippen MR) is 75.6 cm³/mol. The van der Waals surface area contributed by atoms with Crippen LogP contribution in [-0.2, 0) is 9.53 Å². The number of amides is 1. The van der Waals surface area contributed by atoms with Crippen LogP contribution in [0.1, 0.15) is 51.4 Å². The second-order valence-corrected chi connectivity index (χ2v) is 5.65. The van der Waals surface area contributed by atoms with Crippen molar-refractivity contribution in [2.24, 2.45) is 10.9 Å². The zero-order valence-electron chi connectivity index (χ0n) is 12.0. The third-order valence-corrected chi connectivity index (χ3v) is 4.23. The second kappa shape index (κ2) is 7.47. The molecule has 0 bridgehead atoms. The highest BCUT2D eigenvalue weighted by Crippen LogP contribution is 2.21. The van der Waals surface area contributed by atoms with Crippen LogP contribution in [0.15, 0.2) is 5.16 Å². The Morgan fingerprint density at radius 1 is 1.30 bits per heavy atom. The fraction of sp³-hybridized carbons (Fsp3) is 0.857. The third kappa shape index (κ3) is 3.85. The predicted octanol–water partition coefficient (Wildman–Crippen LogP) is 1.46. The monoisotopic (exact) mass is 283 g/mol. The minimum atomic E-state index is -0.242. The molecular weight excluding hydrogens is 258 g/mol. The topological polar surface area (TPSA) is 88.2 Å². The molecule has 0 spiro atoms. The zero-order chi connectivity index (χ0) is 14.4.